The minimum absolute atomic E-state index is 0.270. The van der Waals surface area contributed by atoms with Crippen LogP contribution < -0.4 is 24.3 Å². The van der Waals surface area contributed by atoms with Crippen LogP contribution in [0.15, 0.2) is 59.1 Å². The van der Waals surface area contributed by atoms with Gasteiger partial charge in [-0.1, -0.05) is 45.8 Å². The number of aryl methyl sites for hydroxylation is 1. The lowest BCUT2D eigenvalue weighted by Crippen LogP contribution is -2.04. The van der Waals surface area contributed by atoms with Crippen molar-refractivity contribution in [2.45, 2.75) is 27.0 Å². The van der Waals surface area contributed by atoms with Crippen molar-refractivity contribution < 1.29 is 18.9 Å². The molecule has 0 bridgehead atoms. The van der Waals surface area contributed by atoms with Gasteiger partial charge in [0.25, 0.3) is 0 Å². The third-order valence-electron chi connectivity index (χ3n) is 4.74. The number of rotatable bonds is 8. The number of nitrogens with one attached hydrogen (secondary N) is 1. The summed E-state index contributed by atoms with van der Waals surface area (Å²) < 4.78 is 23.7. The van der Waals surface area contributed by atoms with Gasteiger partial charge in [-0.15, -0.1) is 0 Å². The maximum atomic E-state index is 6.07. The van der Waals surface area contributed by atoms with Crippen LogP contribution in [-0.2, 0) is 13.2 Å². The quantitative estimate of drug-likeness (QED) is 0.433. The molecule has 156 valence electrons. The fourth-order valence-corrected chi connectivity index (χ4v) is 3.72. The third-order valence-corrected chi connectivity index (χ3v) is 5.48. The number of halogens is 1. The van der Waals surface area contributed by atoms with E-state index < -0.39 is 0 Å². The molecule has 0 unspecified atom stereocenters. The highest BCUT2D eigenvalue weighted by Gasteiger charge is 2.14. The number of hydrogen-bond acceptors (Lipinski definition) is 5. The molecule has 0 radical (unpaired) electrons. The molecule has 3 aromatic carbocycles. The van der Waals surface area contributed by atoms with Crippen LogP contribution in [-0.4, -0.2) is 13.4 Å². The molecule has 6 heteroatoms. The predicted molar refractivity (Wildman–Crippen MR) is 121 cm³/mol. The Kier molecular flexibility index (Phi) is 6.33. The van der Waals surface area contributed by atoms with Crippen molar-refractivity contribution in [2.24, 2.45) is 0 Å². The Balaban J connectivity index is 1.47. The number of fused-ring (bicyclic) bond motifs is 1. The van der Waals surface area contributed by atoms with Crippen LogP contribution in [0.1, 0.15) is 23.6 Å². The summed E-state index contributed by atoms with van der Waals surface area (Å²) in [5.41, 5.74) is 4.37. The highest BCUT2D eigenvalue weighted by molar-refractivity contribution is 9.10. The van der Waals surface area contributed by atoms with Crippen LogP contribution in [0.25, 0.3) is 0 Å². The molecule has 3 aromatic rings. The fourth-order valence-electron chi connectivity index (χ4n) is 3.26. The van der Waals surface area contributed by atoms with E-state index in [1.807, 2.05) is 43.3 Å². The second-order valence-corrected chi connectivity index (χ2v) is 7.88. The first-order valence-corrected chi connectivity index (χ1v) is 10.7. The van der Waals surface area contributed by atoms with Gasteiger partial charge in [0.15, 0.2) is 23.0 Å². The molecule has 5 nitrogen and oxygen atoms in total. The van der Waals surface area contributed by atoms with Gasteiger partial charge in [-0.2, -0.15) is 0 Å². The molecule has 0 aromatic heterocycles. The zero-order valence-corrected chi connectivity index (χ0v) is 18.6. The molecule has 0 aliphatic carbocycles. The summed E-state index contributed by atoms with van der Waals surface area (Å²) in [5.74, 6) is 2.98. The summed E-state index contributed by atoms with van der Waals surface area (Å²) in [6, 6.07) is 18.1. The van der Waals surface area contributed by atoms with E-state index in [4.69, 9.17) is 18.9 Å². The van der Waals surface area contributed by atoms with E-state index in [-0.39, 0.29) is 6.79 Å². The van der Waals surface area contributed by atoms with Gasteiger partial charge in [0.05, 0.1) is 6.61 Å². The van der Waals surface area contributed by atoms with Crippen molar-refractivity contribution in [1.82, 2.24) is 0 Å². The first-order valence-electron chi connectivity index (χ1n) is 9.89. The smallest absolute Gasteiger partial charge is 0.231 e. The van der Waals surface area contributed by atoms with E-state index in [1.165, 1.54) is 5.56 Å². The topological polar surface area (TPSA) is 49.0 Å². The molecular formula is C24H24BrNO4. The molecule has 4 rings (SSSR count). The van der Waals surface area contributed by atoms with E-state index in [0.29, 0.717) is 19.8 Å². The Bertz CT molecular complexity index is 1040. The first kappa shape index (κ1) is 20.4. The van der Waals surface area contributed by atoms with Crippen molar-refractivity contribution in [3.63, 3.8) is 0 Å². The van der Waals surface area contributed by atoms with Gasteiger partial charge in [-0.3, -0.25) is 0 Å². The monoisotopic (exact) mass is 469 g/mol. The lowest BCUT2D eigenvalue weighted by molar-refractivity contribution is 0.174. The molecule has 1 N–H and O–H groups in total. The summed E-state index contributed by atoms with van der Waals surface area (Å²) in [7, 11) is 0. The Morgan fingerprint density at radius 3 is 2.63 bits per heavy atom. The predicted octanol–water partition coefficient (Wildman–Crippen LogP) is 6.08. The van der Waals surface area contributed by atoms with Gasteiger partial charge in [-0.05, 0) is 49.2 Å². The summed E-state index contributed by atoms with van der Waals surface area (Å²) >= 11 is 3.67. The van der Waals surface area contributed by atoms with Gasteiger partial charge in [0.1, 0.15) is 6.61 Å². The average Bonchev–Trinajstić information content (AvgIpc) is 3.21. The molecule has 0 fully saturated rings. The van der Waals surface area contributed by atoms with Crippen molar-refractivity contribution >= 4 is 21.6 Å². The largest absolute Gasteiger partial charge is 0.490 e. The van der Waals surface area contributed by atoms with Crippen LogP contribution in [0, 0.1) is 6.92 Å². The van der Waals surface area contributed by atoms with Gasteiger partial charge in [0, 0.05) is 22.8 Å². The molecule has 0 amide bonds. The molecular weight excluding hydrogens is 446 g/mol. The van der Waals surface area contributed by atoms with Gasteiger partial charge >= 0.3 is 0 Å². The van der Waals surface area contributed by atoms with Crippen molar-refractivity contribution in [3.05, 3.63) is 75.8 Å². The molecule has 30 heavy (non-hydrogen) atoms. The second kappa shape index (κ2) is 9.30. The number of benzene rings is 3. The molecule has 1 aliphatic rings. The lowest BCUT2D eigenvalue weighted by Gasteiger charge is -2.16. The highest BCUT2D eigenvalue weighted by atomic mass is 79.9. The van der Waals surface area contributed by atoms with Crippen molar-refractivity contribution in [3.8, 4) is 23.0 Å². The van der Waals surface area contributed by atoms with Gasteiger partial charge < -0.3 is 24.3 Å². The van der Waals surface area contributed by atoms with Crippen LogP contribution in [0.4, 0.5) is 5.69 Å². The van der Waals surface area contributed by atoms with E-state index in [9.17, 15) is 0 Å². The Labute approximate surface area is 185 Å². The number of anilines is 1. The zero-order chi connectivity index (χ0) is 20.9. The van der Waals surface area contributed by atoms with Crippen molar-refractivity contribution in [2.75, 3.05) is 18.7 Å². The van der Waals surface area contributed by atoms with Crippen LogP contribution >= 0.6 is 15.9 Å². The number of ether oxygens (including phenoxy) is 4. The van der Waals surface area contributed by atoms with E-state index in [2.05, 4.69) is 46.4 Å². The highest BCUT2D eigenvalue weighted by Crippen LogP contribution is 2.36. The fraction of sp³-hybridized carbons (Fsp3) is 0.250. The Morgan fingerprint density at radius 1 is 0.967 bits per heavy atom. The molecule has 0 saturated carbocycles. The molecule has 0 saturated heterocycles. The Hall–Kier alpha value is -2.86. The summed E-state index contributed by atoms with van der Waals surface area (Å²) in [4.78, 5) is 0. The third kappa shape index (κ3) is 4.82. The molecule has 1 aliphatic heterocycles. The maximum absolute atomic E-state index is 6.07. The minimum Gasteiger partial charge on any atom is -0.490 e. The molecule has 0 atom stereocenters. The molecule has 0 spiro atoms. The zero-order valence-electron chi connectivity index (χ0n) is 17.0. The van der Waals surface area contributed by atoms with E-state index >= 15 is 0 Å². The summed E-state index contributed by atoms with van der Waals surface area (Å²) in [6.45, 7) is 6.00. The minimum atomic E-state index is 0.270. The van der Waals surface area contributed by atoms with Crippen molar-refractivity contribution in [1.29, 1.82) is 0 Å². The Morgan fingerprint density at radius 2 is 1.80 bits per heavy atom. The summed E-state index contributed by atoms with van der Waals surface area (Å²) in [5, 5.41) is 3.42. The first-order chi connectivity index (χ1) is 14.6. The maximum Gasteiger partial charge on any atom is 0.231 e. The normalized spacial score (nSPS) is 12.0. The van der Waals surface area contributed by atoms with Crippen LogP contribution in [0.2, 0.25) is 0 Å². The number of hydrogen-bond donors (Lipinski definition) is 1. The van der Waals surface area contributed by atoms with Crippen LogP contribution in [0.5, 0.6) is 23.0 Å². The SMILES string of the molecule is CCOc1cc(CNc2ccc3c(c2)OCO3)c(Br)cc1OCc1cccc(C)c1. The van der Waals surface area contributed by atoms with Gasteiger partial charge in [0.2, 0.25) is 6.79 Å². The van der Waals surface area contributed by atoms with E-state index in [1.54, 1.807) is 0 Å². The molecule has 1 heterocycles. The second-order valence-electron chi connectivity index (χ2n) is 7.02. The average molecular weight is 470 g/mol. The lowest BCUT2D eigenvalue weighted by atomic mass is 10.1. The van der Waals surface area contributed by atoms with Crippen LogP contribution in [0.3, 0.4) is 0 Å². The van der Waals surface area contributed by atoms with E-state index in [0.717, 1.165) is 44.3 Å². The van der Waals surface area contributed by atoms with Gasteiger partial charge in [-0.25, -0.2) is 0 Å². The standard InChI is InChI=1S/C24H24BrNO4/c1-3-27-22-10-18(13-26-19-7-8-21-23(11-19)30-15-29-21)20(25)12-24(22)28-14-17-6-4-5-16(2)9-17/h4-12,26H,3,13-15H2,1-2H3. The summed E-state index contributed by atoms with van der Waals surface area (Å²) in [6.07, 6.45) is 0.